The molecule has 0 atom stereocenters. The van der Waals surface area contributed by atoms with Gasteiger partial charge in [-0.2, -0.15) is 0 Å². The Kier molecular flexibility index (Phi) is 17.6. The van der Waals surface area contributed by atoms with Crippen LogP contribution in [0.15, 0.2) is 497 Å². The first kappa shape index (κ1) is 79.5. The first-order valence-corrected chi connectivity index (χ1v) is 49.1. The van der Waals surface area contributed by atoms with Crippen molar-refractivity contribution in [2.24, 2.45) is 0 Å². The lowest BCUT2D eigenvalue weighted by Crippen LogP contribution is -1.96. The number of benzene rings is 22. The fourth-order valence-electron chi connectivity index (χ4n) is 23.0. The number of fused-ring (bicyclic) bond motifs is 33. The smallest absolute Gasteiger partial charge is 0.160 e. The maximum absolute atomic E-state index is 6.75. The number of nitrogens with zero attached hydrogens (tertiary/aromatic N) is 5. The predicted molar refractivity (Wildman–Crippen MR) is 595 cm³/mol. The van der Waals surface area contributed by atoms with Gasteiger partial charge >= 0.3 is 0 Å². The summed E-state index contributed by atoms with van der Waals surface area (Å²) >= 11 is 1.87. The number of hydrogen-bond donors (Lipinski definition) is 0. The van der Waals surface area contributed by atoms with Crippen molar-refractivity contribution in [2.45, 2.75) is 0 Å². The van der Waals surface area contributed by atoms with Crippen molar-refractivity contribution >= 4 is 228 Å². The quantitative estimate of drug-likeness (QED) is 0.144. The van der Waals surface area contributed by atoms with Crippen molar-refractivity contribution in [3.63, 3.8) is 0 Å². The highest BCUT2D eigenvalue weighted by atomic mass is 32.1. The van der Waals surface area contributed by atoms with Gasteiger partial charge < -0.3 is 40.5 Å². The van der Waals surface area contributed by atoms with Gasteiger partial charge in [-0.05, 0) is 214 Å². The monoisotopic (exact) mass is 1830 g/mol. The number of aromatic nitrogens is 5. The molecule has 0 radical (unpaired) electrons. The molecule has 10 aromatic heterocycles. The second-order valence-corrected chi connectivity index (χ2v) is 38.2. The van der Waals surface area contributed by atoms with Crippen LogP contribution in [-0.4, -0.2) is 22.8 Å². The summed E-state index contributed by atoms with van der Waals surface area (Å²) in [6.45, 7) is 0. The summed E-state index contributed by atoms with van der Waals surface area (Å²) in [5, 5.41) is 23.9. The van der Waals surface area contributed by atoms with E-state index in [1.165, 1.54) is 124 Å². The first-order valence-electron chi connectivity index (χ1n) is 48.3. The van der Waals surface area contributed by atoms with E-state index in [4.69, 9.17) is 17.7 Å². The molecule has 0 fully saturated rings. The van der Waals surface area contributed by atoms with Gasteiger partial charge in [0, 0.05) is 146 Å². The second-order valence-electron chi connectivity index (χ2n) is 37.2. The Morgan fingerprint density at radius 3 is 0.979 bits per heavy atom. The predicted octanol–water partition coefficient (Wildman–Crippen LogP) is 37.2. The highest BCUT2D eigenvalue weighted by molar-refractivity contribution is 7.26. The summed E-state index contributed by atoms with van der Waals surface area (Å²) in [7, 11) is 0. The van der Waals surface area contributed by atoms with Crippen molar-refractivity contribution in [1.29, 1.82) is 0 Å². The molecule has 142 heavy (non-hydrogen) atoms. The summed E-state index contributed by atoms with van der Waals surface area (Å²) in [6.07, 6.45) is 0. The molecule has 662 valence electrons. The zero-order chi connectivity index (χ0) is 92.9. The summed E-state index contributed by atoms with van der Waals surface area (Å²) in [5.74, 6) is 0. The van der Waals surface area contributed by atoms with Crippen LogP contribution in [0.3, 0.4) is 0 Å². The van der Waals surface area contributed by atoms with Crippen LogP contribution in [0.4, 0.5) is 0 Å². The van der Waals surface area contributed by atoms with Crippen LogP contribution in [0.5, 0.6) is 0 Å². The van der Waals surface area contributed by atoms with Gasteiger partial charge in [0.2, 0.25) is 0 Å². The van der Waals surface area contributed by atoms with Gasteiger partial charge in [-0.1, -0.05) is 309 Å². The number of furan rings is 4. The maximum Gasteiger partial charge on any atom is 0.160 e. The van der Waals surface area contributed by atoms with Gasteiger partial charge in [0.15, 0.2) is 16.7 Å². The third-order valence-corrected chi connectivity index (χ3v) is 30.7. The molecule has 0 spiro atoms. The van der Waals surface area contributed by atoms with Crippen LogP contribution >= 0.6 is 11.3 Å². The van der Waals surface area contributed by atoms with Crippen molar-refractivity contribution in [2.75, 3.05) is 0 Å². The Morgan fingerprint density at radius 2 is 0.458 bits per heavy atom. The van der Waals surface area contributed by atoms with Crippen LogP contribution in [0, 0.1) is 0 Å². The van der Waals surface area contributed by atoms with E-state index >= 15 is 0 Å². The lowest BCUT2D eigenvalue weighted by molar-refractivity contribution is 0.669. The average Bonchev–Trinajstić information content (AvgIpc) is 1.56. The molecule has 0 aliphatic rings. The summed E-state index contributed by atoms with van der Waals surface area (Å²) in [4.78, 5) is 0. The second kappa shape index (κ2) is 31.4. The SMILES string of the molecule is c1ccc(-c2ccc3c(c2)c2ccc4c5ccccc5oc4c2n3-c2ccc(-c3cccc4c3sc3ccccc34)cc2)cc1.c1ccc(-n2c3ccccc3c3ccc(-c4ccc(-n5c6ccc(-n7c8ccccc8c8ccccc87)cc6c6ccc7c8ccccc8oc7c65)cc4)cc32)cc1.c1ccc2c(c1)oc1cc(-c3ccc(-n4c5ccccc5c5ccc6c7ccccc7oc6c54)cc3)ccc12. The Morgan fingerprint density at radius 1 is 0.148 bits per heavy atom. The normalized spacial score (nSPS) is 12.1. The number of rotatable bonds is 9. The van der Waals surface area contributed by atoms with E-state index in [0.29, 0.717) is 0 Å². The minimum Gasteiger partial charge on any atom is -0.456 e. The third-order valence-electron chi connectivity index (χ3n) is 29.5. The van der Waals surface area contributed by atoms with Crippen molar-refractivity contribution in [3.05, 3.63) is 479 Å². The molecule has 0 saturated carbocycles. The molecule has 0 N–H and O–H groups in total. The highest BCUT2D eigenvalue weighted by Crippen LogP contribution is 2.49. The molecule has 0 saturated heterocycles. The number of hydrogen-bond acceptors (Lipinski definition) is 5. The van der Waals surface area contributed by atoms with E-state index in [1.54, 1.807) is 0 Å². The first-order chi connectivity index (χ1) is 70.4. The molecule has 10 heterocycles. The summed E-state index contributed by atoms with van der Waals surface area (Å²) < 4.78 is 40.6. The zero-order valence-electron chi connectivity index (χ0n) is 76.4. The van der Waals surface area contributed by atoms with Crippen LogP contribution < -0.4 is 0 Å². The van der Waals surface area contributed by atoms with Gasteiger partial charge in [0.25, 0.3) is 0 Å². The molecule has 0 unspecified atom stereocenters. The van der Waals surface area contributed by atoms with Gasteiger partial charge in [-0.15, -0.1) is 11.3 Å². The maximum atomic E-state index is 6.75. The lowest BCUT2D eigenvalue weighted by atomic mass is 10.0. The molecule has 10 heteroatoms. The molecule has 9 nitrogen and oxygen atoms in total. The van der Waals surface area contributed by atoms with Gasteiger partial charge in [0.05, 0.1) is 55.2 Å². The van der Waals surface area contributed by atoms with Crippen LogP contribution in [0.1, 0.15) is 0 Å². The van der Waals surface area contributed by atoms with Crippen LogP contribution in [0.25, 0.3) is 290 Å². The van der Waals surface area contributed by atoms with Crippen LogP contribution in [0.2, 0.25) is 0 Å². The lowest BCUT2D eigenvalue weighted by Gasteiger charge is -2.12. The fourth-order valence-corrected chi connectivity index (χ4v) is 24.3. The van der Waals surface area contributed by atoms with Crippen molar-refractivity contribution in [3.8, 4) is 72.9 Å². The molecule has 32 rings (SSSR count). The highest BCUT2D eigenvalue weighted by Gasteiger charge is 2.27. The Labute approximate surface area is 815 Å². The molecule has 0 aliphatic heterocycles. The Hall–Kier alpha value is -18.7. The zero-order valence-corrected chi connectivity index (χ0v) is 77.2. The van der Waals surface area contributed by atoms with Crippen molar-refractivity contribution in [1.82, 2.24) is 22.8 Å². The van der Waals surface area contributed by atoms with Gasteiger partial charge in [-0.3, -0.25) is 0 Å². The van der Waals surface area contributed by atoms with E-state index in [-0.39, 0.29) is 0 Å². The van der Waals surface area contributed by atoms with Gasteiger partial charge in [-0.25, -0.2) is 0 Å². The Bertz CT molecular complexity index is 10800. The topological polar surface area (TPSA) is 77.2 Å². The molecule has 0 amide bonds. The summed E-state index contributed by atoms with van der Waals surface area (Å²) in [6, 6.07) is 172. The Balaban J connectivity index is 0.000000102. The fraction of sp³-hybridized carbons (Fsp3) is 0. The van der Waals surface area contributed by atoms with E-state index < -0.39 is 0 Å². The molecule has 22 aromatic carbocycles. The van der Waals surface area contributed by atoms with E-state index in [9.17, 15) is 0 Å². The minimum atomic E-state index is 0.895. The van der Waals surface area contributed by atoms with E-state index in [0.717, 1.165) is 166 Å². The average molecular weight is 1830 g/mol. The van der Waals surface area contributed by atoms with Crippen LogP contribution in [-0.2, 0) is 0 Å². The molecule has 0 aliphatic carbocycles. The summed E-state index contributed by atoms with van der Waals surface area (Å²) in [5.41, 5.74) is 33.9. The van der Waals surface area contributed by atoms with Crippen molar-refractivity contribution < 1.29 is 17.7 Å². The largest absolute Gasteiger partial charge is 0.456 e. The number of thiophene rings is 1. The van der Waals surface area contributed by atoms with E-state index in [2.05, 4.69) is 466 Å². The molecular formula is C132H79N5O4S. The third kappa shape index (κ3) is 12.2. The van der Waals surface area contributed by atoms with Gasteiger partial charge in [0.1, 0.15) is 27.9 Å². The number of para-hydroxylation sites is 9. The molecule has 32 aromatic rings. The standard InChI is InChI=1S/C54H33N3O.C42H25NOS.C36H21NO2/c1-2-12-36(13-3-1)55-47-18-8-6-16-41(47)42-28-24-35(32-51(42)55)34-22-25-37(26-23-34)57-50-31-27-38(56-48-19-9-4-14-39(48)40-15-5-10-20-49(40)56)33-46(50)44-29-30-45-43-17-7-11-21-52(43)58-54(45)53(44)57;1-2-9-26(10-3-1)28-19-24-37-36(25-28)33-22-23-34-31-11-4-6-15-38(31)44-41(34)40(33)43(37)29-20-17-27(18-21-29)30-13-8-14-35-32-12-5-7-16-39(32)45-42(30)35;1-4-10-31-25(7-1)29-19-20-30-27-9-3-6-12-33(27)39-36(30)35(29)37(31)24-16-13-22(14-17-24)23-15-18-28-26-8-2-5-11-32(26)38-34(28)21-23/h1-33H;1-25H;1-21H. The molecule has 0 bridgehead atoms. The molecular weight excluding hydrogens is 1750 g/mol. The van der Waals surface area contributed by atoms with E-state index in [1.807, 2.05) is 47.7 Å². The minimum absolute atomic E-state index is 0.895.